The van der Waals surface area contributed by atoms with Crippen molar-refractivity contribution in [1.82, 2.24) is 20.0 Å². The maximum Gasteiger partial charge on any atom is 0.256 e. The van der Waals surface area contributed by atoms with Gasteiger partial charge in [-0.15, -0.1) is 0 Å². The Kier molecular flexibility index (Phi) is 6.85. The van der Waals surface area contributed by atoms with Gasteiger partial charge in [-0.05, 0) is 51.0 Å². The second-order valence-electron chi connectivity index (χ2n) is 9.40. The summed E-state index contributed by atoms with van der Waals surface area (Å²) < 4.78 is 7.40. The van der Waals surface area contributed by atoms with Crippen LogP contribution in [0.3, 0.4) is 0 Å². The predicted molar refractivity (Wildman–Crippen MR) is 145 cm³/mol. The minimum Gasteiger partial charge on any atom is -0.496 e. The summed E-state index contributed by atoms with van der Waals surface area (Å²) in [5.74, 6) is 1.23. The molecule has 4 aromatic rings. The number of hydrogen-bond acceptors (Lipinski definition) is 6. The molecule has 9 heteroatoms. The largest absolute Gasteiger partial charge is 0.496 e. The Hall–Kier alpha value is -4.27. The lowest BCUT2D eigenvalue weighted by atomic mass is 10.1. The molecule has 3 N–H and O–H groups in total. The van der Waals surface area contributed by atoms with E-state index in [-0.39, 0.29) is 24.1 Å². The molecule has 0 unspecified atom stereocenters. The molecule has 1 fully saturated rings. The van der Waals surface area contributed by atoms with Crippen molar-refractivity contribution in [2.45, 2.75) is 39.3 Å². The number of piperidine rings is 1. The summed E-state index contributed by atoms with van der Waals surface area (Å²) in [6.45, 7) is 5.63. The number of carbonyl (C=O) groups is 1. The van der Waals surface area contributed by atoms with Gasteiger partial charge in [-0.25, -0.2) is 4.98 Å². The second kappa shape index (κ2) is 10.4. The van der Waals surface area contributed by atoms with Gasteiger partial charge in [-0.1, -0.05) is 24.3 Å². The molecule has 192 valence electrons. The standard InChI is InChI=1S/C28H32N6O3/c1-18-16-24(37-3)22(27(35)31-18)17-30-28(36)26-19(2)34(23-9-5-4-8-21(23)26)32-20-11-14-33(15-12-20)25-10-6-7-13-29-25/h4-10,13,16,20,32H,11-12,14-15,17H2,1-3H3,(H,30,36)(H,31,35). The molecule has 0 atom stereocenters. The Balaban J connectivity index is 1.35. The molecule has 3 aromatic heterocycles. The summed E-state index contributed by atoms with van der Waals surface area (Å²) in [5.41, 5.74) is 6.85. The van der Waals surface area contributed by atoms with Crippen molar-refractivity contribution < 1.29 is 9.53 Å². The number of rotatable bonds is 7. The first-order valence-electron chi connectivity index (χ1n) is 12.5. The van der Waals surface area contributed by atoms with Crippen molar-refractivity contribution in [2.75, 3.05) is 30.5 Å². The molecular weight excluding hydrogens is 468 g/mol. The number of benzene rings is 1. The predicted octanol–water partition coefficient (Wildman–Crippen LogP) is 3.49. The Morgan fingerprint density at radius 2 is 1.89 bits per heavy atom. The zero-order valence-electron chi connectivity index (χ0n) is 21.4. The van der Waals surface area contributed by atoms with Gasteiger partial charge in [0.25, 0.3) is 11.5 Å². The first-order chi connectivity index (χ1) is 18.0. The number of nitrogens with zero attached hydrogens (tertiary/aromatic N) is 3. The zero-order chi connectivity index (χ0) is 25.9. The lowest BCUT2D eigenvalue weighted by Crippen LogP contribution is -2.42. The number of para-hydroxylation sites is 1. The van der Waals surface area contributed by atoms with Crippen LogP contribution in [0.15, 0.2) is 59.5 Å². The van der Waals surface area contributed by atoms with Crippen LogP contribution >= 0.6 is 0 Å². The van der Waals surface area contributed by atoms with Crippen molar-refractivity contribution in [3.63, 3.8) is 0 Å². The molecule has 0 aliphatic carbocycles. The first kappa shape index (κ1) is 24.4. The molecular formula is C28H32N6O3. The molecule has 5 rings (SSSR count). The van der Waals surface area contributed by atoms with Crippen LogP contribution in [0.4, 0.5) is 5.82 Å². The number of H-pyrrole nitrogens is 1. The third-order valence-corrected chi connectivity index (χ3v) is 6.99. The highest BCUT2D eigenvalue weighted by Gasteiger charge is 2.24. The zero-order valence-corrected chi connectivity index (χ0v) is 21.4. The van der Waals surface area contributed by atoms with Gasteiger partial charge in [0.1, 0.15) is 11.6 Å². The minimum absolute atomic E-state index is 0.0655. The summed E-state index contributed by atoms with van der Waals surface area (Å²) in [6.07, 6.45) is 3.74. The summed E-state index contributed by atoms with van der Waals surface area (Å²) in [7, 11) is 1.52. The Morgan fingerprint density at radius 3 is 2.62 bits per heavy atom. The summed E-state index contributed by atoms with van der Waals surface area (Å²) in [6, 6.07) is 15.9. The van der Waals surface area contributed by atoms with Crippen molar-refractivity contribution in [1.29, 1.82) is 0 Å². The van der Waals surface area contributed by atoms with Crippen LogP contribution in [0.25, 0.3) is 10.9 Å². The van der Waals surface area contributed by atoms with Crippen LogP contribution in [0.1, 0.15) is 40.2 Å². The number of fused-ring (bicyclic) bond motifs is 1. The van der Waals surface area contributed by atoms with Gasteiger partial charge >= 0.3 is 0 Å². The number of nitrogens with one attached hydrogen (secondary N) is 3. The van der Waals surface area contributed by atoms with Crippen molar-refractivity contribution in [3.8, 4) is 5.75 Å². The van der Waals surface area contributed by atoms with Gasteiger partial charge in [0.05, 0.1) is 36.0 Å². The van der Waals surface area contributed by atoms with E-state index >= 15 is 0 Å². The maximum atomic E-state index is 13.4. The number of carbonyl (C=O) groups excluding carboxylic acids is 1. The number of pyridine rings is 2. The van der Waals surface area contributed by atoms with E-state index in [4.69, 9.17) is 4.74 Å². The average Bonchev–Trinajstić information content (AvgIpc) is 3.19. The monoisotopic (exact) mass is 500 g/mol. The van der Waals surface area contributed by atoms with E-state index in [0.29, 0.717) is 22.6 Å². The van der Waals surface area contributed by atoms with Crippen LogP contribution in [-0.2, 0) is 6.54 Å². The number of aryl methyl sites for hydroxylation is 1. The molecule has 0 radical (unpaired) electrons. The van der Waals surface area contributed by atoms with Gasteiger partial charge in [0.2, 0.25) is 0 Å². The molecule has 1 aliphatic rings. The number of anilines is 1. The van der Waals surface area contributed by atoms with Crippen LogP contribution in [-0.4, -0.2) is 46.8 Å². The number of methoxy groups -OCH3 is 1. The topological polar surface area (TPSA) is 104 Å². The van der Waals surface area contributed by atoms with Crippen molar-refractivity contribution in [3.05, 3.63) is 87.6 Å². The summed E-state index contributed by atoms with van der Waals surface area (Å²) in [4.78, 5) is 35.4. The van der Waals surface area contributed by atoms with Crippen LogP contribution in [0.2, 0.25) is 0 Å². The van der Waals surface area contributed by atoms with E-state index in [1.165, 1.54) is 7.11 Å². The highest BCUT2D eigenvalue weighted by atomic mass is 16.5. The number of amides is 1. The minimum atomic E-state index is -0.269. The fourth-order valence-electron chi connectivity index (χ4n) is 5.07. The second-order valence-corrected chi connectivity index (χ2v) is 9.40. The van der Waals surface area contributed by atoms with Crippen LogP contribution < -0.4 is 25.9 Å². The van der Waals surface area contributed by atoms with Gasteiger partial charge < -0.3 is 25.4 Å². The fourth-order valence-corrected chi connectivity index (χ4v) is 5.07. The van der Waals surface area contributed by atoms with Crippen LogP contribution in [0, 0.1) is 13.8 Å². The van der Waals surface area contributed by atoms with E-state index in [1.54, 1.807) is 13.0 Å². The summed E-state index contributed by atoms with van der Waals surface area (Å²) in [5, 5.41) is 3.79. The van der Waals surface area contributed by atoms with E-state index in [2.05, 4.69) is 25.6 Å². The molecule has 0 bridgehead atoms. The molecule has 1 amide bonds. The van der Waals surface area contributed by atoms with Crippen LogP contribution in [0.5, 0.6) is 5.75 Å². The van der Waals surface area contributed by atoms with Gasteiger partial charge in [-0.2, -0.15) is 0 Å². The lowest BCUT2D eigenvalue weighted by Gasteiger charge is -2.34. The molecule has 1 aromatic carbocycles. The van der Waals surface area contributed by atoms with E-state index in [0.717, 1.165) is 48.3 Å². The molecule has 37 heavy (non-hydrogen) atoms. The van der Waals surface area contributed by atoms with Crippen molar-refractivity contribution >= 4 is 22.6 Å². The van der Waals surface area contributed by atoms with Gasteiger partial charge in [0.15, 0.2) is 0 Å². The SMILES string of the molecule is COc1cc(C)[nH]c(=O)c1CNC(=O)c1c(C)n(NC2CCN(c3ccccn3)CC2)c2ccccc12. The Labute approximate surface area is 215 Å². The Morgan fingerprint density at radius 1 is 1.14 bits per heavy atom. The quantitative estimate of drug-likeness (QED) is 0.359. The maximum absolute atomic E-state index is 13.4. The molecule has 1 saturated heterocycles. The summed E-state index contributed by atoms with van der Waals surface area (Å²) >= 11 is 0. The molecule has 9 nitrogen and oxygen atoms in total. The third-order valence-electron chi connectivity index (χ3n) is 6.99. The Bertz CT molecular complexity index is 1470. The van der Waals surface area contributed by atoms with Gasteiger partial charge in [0, 0.05) is 36.4 Å². The lowest BCUT2D eigenvalue weighted by molar-refractivity contribution is 0.0951. The number of hydrogen-bond donors (Lipinski definition) is 3. The highest BCUT2D eigenvalue weighted by Crippen LogP contribution is 2.27. The van der Waals surface area contributed by atoms with Crippen molar-refractivity contribution in [2.24, 2.45) is 0 Å². The van der Waals surface area contributed by atoms with Gasteiger partial charge in [-0.3, -0.25) is 14.3 Å². The molecule has 1 aliphatic heterocycles. The van der Waals surface area contributed by atoms with E-state index in [1.807, 2.05) is 60.3 Å². The molecule has 0 spiro atoms. The first-order valence-corrected chi connectivity index (χ1v) is 12.5. The molecule has 0 saturated carbocycles. The third kappa shape index (κ3) is 4.89. The number of ether oxygens (including phenoxy) is 1. The number of aromatic amines is 1. The highest BCUT2D eigenvalue weighted by molar-refractivity contribution is 6.08. The smallest absolute Gasteiger partial charge is 0.256 e. The fraction of sp³-hybridized carbons (Fsp3) is 0.321. The number of aromatic nitrogens is 3. The van der Waals surface area contributed by atoms with E-state index in [9.17, 15) is 9.59 Å². The molecule has 4 heterocycles. The normalized spacial score (nSPS) is 14.1. The average molecular weight is 501 g/mol. The van der Waals surface area contributed by atoms with E-state index < -0.39 is 0 Å².